The Morgan fingerprint density at radius 1 is 0.953 bits per heavy atom. The van der Waals surface area contributed by atoms with Gasteiger partial charge in [-0.25, -0.2) is 23.5 Å². The van der Waals surface area contributed by atoms with Gasteiger partial charge in [-0.2, -0.15) is 5.26 Å². The maximum atomic E-state index is 15.5. The van der Waals surface area contributed by atoms with Crippen LogP contribution in [-0.2, 0) is 29.0 Å². The van der Waals surface area contributed by atoms with Crippen molar-refractivity contribution in [1.29, 1.82) is 5.26 Å². The SMILES string of the molecule is COCCCn1c(Cc2ccc(-c3cccc(OCc4ccc(C#N)cc4F)n3)cc2F)nc2ccc(C(=O)OC)cc21. The molecule has 0 bridgehead atoms. The Kier molecular flexibility index (Phi) is 9.03. The number of aryl methyl sites for hydroxylation is 1. The minimum atomic E-state index is -0.538. The zero-order valence-corrected chi connectivity index (χ0v) is 23.6. The molecular formula is C33H28F2N4O4. The molecule has 0 atom stereocenters. The van der Waals surface area contributed by atoms with Gasteiger partial charge in [-0.05, 0) is 54.4 Å². The smallest absolute Gasteiger partial charge is 0.337 e. The van der Waals surface area contributed by atoms with E-state index < -0.39 is 17.6 Å². The molecular weight excluding hydrogens is 554 g/mol. The van der Waals surface area contributed by atoms with Gasteiger partial charge < -0.3 is 18.8 Å². The molecule has 0 fully saturated rings. The first-order valence-electron chi connectivity index (χ1n) is 13.5. The Labute approximate surface area is 247 Å². The van der Waals surface area contributed by atoms with Crippen LogP contribution >= 0.6 is 0 Å². The van der Waals surface area contributed by atoms with E-state index in [1.54, 1.807) is 55.6 Å². The molecule has 3 aromatic carbocycles. The van der Waals surface area contributed by atoms with Crippen molar-refractivity contribution in [1.82, 2.24) is 14.5 Å². The molecule has 2 aromatic heterocycles. The summed E-state index contributed by atoms with van der Waals surface area (Å²) >= 11 is 0. The maximum absolute atomic E-state index is 15.5. The van der Waals surface area contributed by atoms with Crippen molar-refractivity contribution < 1.29 is 27.8 Å². The third-order valence-corrected chi connectivity index (χ3v) is 6.96. The van der Waals surface area contributed by atoms with E-state index in [2.05, 4.69) is 4.98 Å². The van der Waals surface area contributed by atoms with Crippen LogP contribution in [0.25, 0.3) is 22.3 Å². The fourth-order valence-corrected chi connectivity index (χ4v) is 4.73. The van der Waals surface area contributed by atoms with Crippen LogP contribution < -0.4 is 4.74 Å². The predicted octanol–water partition coefficient (Wildman–Crippen LogP) is 6.24. The molecule has 0 aliphatic heterocycles. The summed E-state index contributed by atoms with van der Waals surface area (Å²) < 4.78 is 47.4. The number of fused-ring (bicyclic) bond motifs is 1. The van der Waals surface area contributed by atoms with Gasteiger partial charge in [0.1, 0.15) is 24.1 Å². The lowest BCUT2D eigenvalue weighted by Crippen LogP contribution is -2.08. The highest BCUT2D eigenvalue weighted by Crippen LogP contribution is 2.26. The summed E-state index contributed by atoms with van der Waals surface area (Å²) in [5.41, 5.74) is 3.86. The van der Waals surface area contributed by atoms with Crippen molar-refractivity contribution in [3.8, 4) is 23.2 Å². The van der Waals surface area contributed by atoms with Gasteiger partial charge in [0.2, 0.25) is 5.88 Å². The fourth-order valence-electron chi connectivity index (χ4n) is 4.73. The molecule has 0 aliphatic rings. The highest BCUT2D eigenvalue weighted by molar-refractivity contribution is 5.93. The van der Waals surface area contributed by atoms with Crippen LogP contribution in [0, 0.1) is 23.0 Å². The van der Waals surface area contributed by atoms with Crippen LogP contribution in [0.4, 0.5) is 8.78 Å². The Bertz CT molecular complexity index is 1830. The summed E-state index contributed by atoms with van der Waals surface area (Å²) in [5, 5.41) is 8.92. The molecule has 0 N–H and O–H groups in total. The first-order valence-corrected chi connectivity index (χ1v) is 13.5. The summed E-state index contributed by atoms with van der Waals surface area (Å²) in [7, 11) is 2.96. The number of pyridine rings is 1. The summed E-state index contributed by atoms with van der Waals surface area (Å²) in [6.45, 7) is 1.04. The standard InChI is InChI=1S/C33H28F2N4O4/c1-41-14-4-13-39-30-17-24(33(40)42-2)11-12-29(30)37-31(39)18-22-9-10-23(16-27(22)35)28-5-3-6-32(38-28)43-20-25-8-7-21(19-36)15-26(25)34/h3,5-12,15-17H,4,13-14,18,20H2,1-2H3. The second kappa shape index (κ2) is 13.2. The Morgan fingerprint density at radius 2 is 1.77 bits per heavy atom. The van der Waals surface area contributed by atoms with E-state index in [9.17, 15) is 9.18 Å². The van der Waals surface area contributed by atoms with E-state index in [-0.39, 0.29) is 30.0 Å². The number of rotatable bonds is 11. The monoisotopic (exact) mass is 582 g/mol. The van der Waals surface area contributed by atoms with E-state index in [0.29, 0.717) is 53.3 Å². The first kappa shape index (κ1) is 29.4. The fraction of sp³-hybridized carbons (Fsp3) is 0.212. The van der Waals surface area contributed by atoms with Crippen LogP contribution in [0.15, 0.2) is 72.8 Å². The second-order valence-electron chi connectivity index (χ2n) is 9.77. The number of benzene rings is 3. The van der Waals surface area contributed by atoms with Crippen LogP contribution in [0.5, 0.6) is 5.88 Å². The van der Waals surface area contributed by atoms with Gasteiger partial charge in [-0.15, -0.1) is 0 Å². The van der Waals surface area contributed by atoms with Gasteiger partial charge in [-0.1, -0.05) is 24.3 Å². The molecule has 2 heterocycles. The Hall–Kier alpha value is -5.14. The van der Waals surface area contributed by atoms with Gasteiger partial charge in [0.05, 0.1) is 41.0 Å². The van der Waals surface area contributed by atoms with Crippen molar-refractivity contribution in [2.24, 2.45) is 0 Å². The quantitative estimate of drug-likeness (QED) is 0.134. The van der Waals surface area contributed by atoms with Gasteiger partial charge in [0.25, 0.3) is 0 Å². The molecule has 0 saturated heterocycles. The van der Waals surface area contributed by atoms with Gasteiger partial charge >= 0.3 is 5.97 Å². The van der Waals surface area contributed by atoms with Gasteiger partial charge in [0.15, 0.2) is 0 Å². The van der Waals surface area contributed by atoms with E-state index in [0.717, 1.165) is 11.6 Å². The van der Waals surface area contributed by atoms with E-state index in [1.807, 2.05) is 10.6 Å². The molecule has 0 spiro atoms. The molecule has 5 rings (SSSR count). The third-order valence-electron chi connectivity index (χ3n) is 6.96. The lowest BCUT2D eigenvalue weighted by molar-refractivity contribution is 0.0601. The number of nitriles is 1. The minimum absolute atomic E-state index is 0.0756. The highest BCUT2D eigenvalue weighted by atomic mass is 19.1. The number of imidazole rings is 1. The number of esters is 1. The summed E-state index contributed by atoms with van der Waals surface area (Å²) in [5.74, 6) is -0.496. The van der Waals surface area contributed by atoms with Crippen molar-refractivity contribution in [3.05, 3.63) is 113 Å². The molecule has 43 heavy (non-hydrogen) atoms. The lowest BCUT2D eigenvalue weighted by atomic mass is 10.1. The number of ether oxygens (including phenoxy) is 3. The molecule has 218 valence electrons. The van der Waals surface area contributed by atoms with E-state index in [4.69, 9.17) is 24.5 Å². The first-order chi connectivity index (χ1) is 20.9. The van der Waals surface area contributed by atoms with Crippen molar-refractivity contribution in [2.45, 2.75) is 26.0 Å². The zero-order valence-electron chi connectivity index (χ0n) is 23.6. The number of aromatic nitrogens is 3. The van der Waals surface area contributed by atoms with Crippen LogP contribution in [0.2, 0.25) is 0 Å². The van der Waals surface area contributed by atoms with Crippen molar-refractivity contribution in [2.75, 3.05) is 20.8 Å². The van der Waals surface area contributed by atoms with Crippen LogP contribution in [-0.4, -0.2) is 41.3 Å². The molecule has 0 saturated carbocycles. The summed E-state index contributed by atoms with van der Waals surface area (Å²) in [6, 6.07) is 21.2. The normalized spacial score (nSPS) is 11.0. The zero-order chi connectivity index (χ0) is 30.3. The number of nitrogens with zero attached hydrogens (tertiary/aromatic N) is 4. The molecule has 10 heteroatoms. The predicted molar refractivity (Wildman–Crippen MR) is 155 cm³/mol. The molecule has 8 nitrogen and oxygen atoms in total. The van der Waals surface area contributed by atoms with E-state index >= 15 is 4.39 Å². The van der Waals surface area contributed by atoms with Crippen molar-refractivity contribution >= 4 is 17.0 Å². The second-order valence-corrected chi connectivity index (χ2v) is 9.77. The number of hydrogen-bond acceptors (Lipinski definition) is 7. The summed E-state index contributed by atoms with van der Waals surface area (Å²) in [4.78, 5) is 21.3. The number of halogens is 2. The van der Waals surface area contributed by atoms with Crippen LogP contribution in [0.3, 0.4) is 0 Å². The molecule has 0 unspecified atom stereocenters. The topological polar surface area (TPSA) is 99.3 Å². The Balaban J connectivity index is 1.37. The van der Waals surface area contributed by atoms with Gasteiger partial charge in [0, 0.05) is 43.9 Å². The van der Waals surface area contributed by atoms with E-state index in [1.165, 1.54) is 25.3 Å². The average molecular weight is 583 g/mol. The van der Waals surface area contributed by atoms with Gasteiger partial charge in [-0.3, -0.25) is 0 Å². The number of carbonyl (C=O) groups excluding carboxylic acids is 1. The number of hydrogen-bond donors (Lipinski definition) is 0. The highest BCUT2D eigenvalue weighted by Gasteiger charge is 2.17. The van der Waals surface area contributed by atoms with Crippen molar-refractivity contribution in [3.63, 3.8) is 0 Å². The van der Waals surface area contributed by atoms with Crippen LogP contribution in [0.1, 0.15) is 39.3 Å². The molecule has 0 aliphatic carbocycles. The largest absolute Gasteiger partial charge is 0.473 e. The lowest BCUT2D eigenvalue weighted by Gasteiger charge is -2.11. The number of methoxy groups -OCH3 is 2. The average Bonchev–Trinajstić information content (AvgIpc) is 3.37. The third kappa shape index (κ3) is 6.68. The molecule has 0 radical (unpaired) electrons. The molecule has 5 aromatic rings. The summed E-state index contributed by atoms with van der Waals surface area (Å²) in [6.07, 6.45) is 0.939. The number of carbonyl (C=O) groups is 1. The maximum Gasteiger partial charge on any atom is 0.337 e. The molecule has 0 amide bonds. The minimum Gasteiger partial charge on any atom is -0.473 e. The Morgan fingerprint density at radius 3 is 2.51 bits per heavy atom.